The lowest BCUT2D eigenvalue weighted by Crippen LogP contribution is -2.51. The van der Waals surface area contributed by atoms with Crippen molar-refractivity contribution in [3.05, 3.63) is 33.9 Å². The summed E-state index contributed by atoms with van der Waals surface area (Å²) in [5.74, 6) is 0. The van der Waals surface area contributed by atoms with Gasteiger partial charge in [-0.2, -0.15) is 0 Å². The minimum Gasteiger partial charge on any atom is -0.329 e. The molecular weight excluding hydrogens is 330 g/mol. The molecule has 0 heterocycles. The Hall–Kier alpha value is -1.22. The first-order chi connectivity index (χ1) is 9.81. The molecule has 1 aromatic rings. The highest BCUT2D eigenvalue weighted by atomic mass is 35.5. The highest BCUT2D eigenvalue weighted by molar-refractivity contribution is 7.89. The molecule has 1 aliphatic carbocycles. The van der Waals surface area contributed by atoms with Gasteiger partial charge in [-0.3, -0.25) is 10.1 Å². The number of nitrogens with one attached hydrogen (secondary N) is 1. The fraction of sp³-hybridized carbons (Fsp3) is 0.538. The van der Waals surface area contributed by atoms with Crippen LogP contribution in [0.2, 0.25) is 0 Å². The average molecular weight is 350 g/mol. The van der Waals surface area contributed by atoms with Crippen LogP contribution in [0.1, 0.15) is 31.2 Å². The van der Waals surface area contributed by atoms with Crippen molar-refractivity contribution in [2.45, 2.75) is 43.0 Å². The van der Waals surface area contributed by atoms with Crippen molar-refractivity contribution in [3.63, 3.8) is 0 Å². The molecule has 0 saturated heterocycles. The molecule has 0 spiro atoms. The van der Waals surface area contributed by atoms with E-state index < -0.39 is 26.2 Å². The molecule has 1 saturated carbocycles. The lowest BCUT2D eigenvalue weighted by molar-refractivity contribution is -0.387. The van der Waals surface area contributed by atoms with E-state index in [-0.39, 0.29) is 23.8 Å². The van der Waals surface area contributed by atoms with E-state index >= 15 is 0 Å². The van der Waals surface area contributed by atoms with Gasteiger partial charge in [0.2, 0.25) is 10.0 Å². The molecule has 22 heavy (non-hydrogen) atoms. The third-order valence-electron chi connectivity index (χ3n) is 3.96. The number of hydrogen-bond donors (Lipinski definition) is 2. The molecule has 2 rings (SSSR count). The number of halogens is 1. The van der Waals surface area contributed by atoms with Crippen LogP contribution >= 0.6 is 12.4 Å². The summed E-state index contributed by atoms with van der Waals surface area (Å²) >= 11 is 0. The van der Waals surface area contributed by atoms with Crippen molar-refractivity contribution in [2.75, 3.05) is 6.54 Å². The van der Waals surface area contributed by atoms with Gasteiger partial charge in [-0.1, -0.05) is 25.0 Å². The smallest absolute Gasteiger partial charge is 0.289 e. The molecule has 1 fully saturated rings. The topological polar surface area (TPSA) is 115 Å². The Morgan fingerprint density at radius 1 is 1.36 bits per heavy atom. The van der Waals surface area contributed by atoms with Crippen LogP contribution < -0.4 is 10.5 Å². The number of aryl methyl sites for hydroxylation is 1. The number of sulfonamides is 1. The van der Waals surface area contributed by atoms with Crippen LogP contribution in [0, 0.1) is 17.0 Å². The van der Waals surface area contributed by atoms with E-state index in [1.165, 1.54) is 12.1 Å². The van der Waals surface area contributed by atoms with Crippen molar-refractivity contribution in [2.24, 2.45) is 5.73 Å². The third-order valence-corrected chi connectivity index (χ3v) is 5.73. The number of hydrogen-bond acceptors (Lipinski definition) is 5. The van der Waals surface area contributed by atoms with Gasteiger partial charge in [-0.25, -0.2) is 13.1 Å². The molecule has 3 N–H and O–H groups in total. The fourth-order valence-electron chi connectivity index (χ4n) is 2.87. The number of nitro groups is 1. The quantitative estimate of drug-likeness (QED) is 0.622. The first kappa shape index (κ1) is 18.8. The molecule has 1 aliphatic rings. The average Bonchev–Trinajstić information content (AvgIpc) is 2.86. The van der Waals surface area contributed by atoms with Gasteiger partial charge in [0.15, 0.2) is 4.90 Å². The predicted octanol–water partition coefficient (Wildman–Crippen LogP) is 1.87. The minimum absolute atomic E-state index is 0. The van der Waals surface area contributed by atoms with Gasteiger partial charge in [-0.15, -0.1) is 12.4 Å². The van der Waals surface area contributed by atoms with Gasteiger partial charge >= 0.3 is 0 Å². The fourth-order valence-corrected chi connectivity index (χ4v) is 4.74. The monoisotopic (exact) mass is 349 g/mol. The van der Waals surface area contributed by atoms with Gasteiger partial charge in [-0.05, 0) is 25.3 Å². The summed E-state index contributed by atoms with van der Waals surface area (Å²) in [5.41, 5.74) is 4.98. The Balaban J connectivity index is 0.00000242. The summed E-state index contributed by atoms with van der Waals surface area (Å²) in [6, 6.07) is 4.22. The Bertz CT molecular complexity index is 657. The van der Waals surface area contributed by atoms with E-state index in [9.17, 15) is 18.5 Å². The molecule has 0 amide bonds. The van der Waals surface area contributed by atoms with Crippen molar-refractivity contribution in [1.29, 1.82) is 0 Å². The number of nitrogens with two attached hydrogens (primary N) is 1. The van der Waals surface area contributed by atoms with Gasteiger partial charge in [0, 0.05) is 18.2 Å². The van der Waals surface area contributed by atoms with Crippen LogP contribution in [0.4, 0.5) is 5.69 Å². The number of benzene rings is 1. The van der Waals surface area contributed by atoms with E-state index in [2.05, 4.69) is 4.72 Å². The molecule has 1 aromatic carbocycles. The second kappa shape index (κ2) is 6.91. The van der Waals surface area contributed by atoms with Crippen LogP contribution in [0.15, 0.2) is 23.1 Å². The largest absolute Gasteiger partial charge is 0.329 e. The Labute approximate surface area is 135 Å². The summed E-state index contributed by atoms with van der Waals surface area (Å²) < 4.78 is 27.9. The Morgan fingerprint density at radius 2 is 1.95 bits per heavy atom. The van der Waals surface area contributed by atoms with E-state index in [1.807, 2.05) is 0 Å². The molecule has 0 unspecified atom stereocenters. The van der Waals surface area contributed by atoms with E-state index in [4.69, 9.17) is 5.73 Å². The summed E-state index contributed by atoms with van der Waals surface area (Å²) in [7, 11) is -3.99. The van der Waals surface area contributed by atoms with Gasteiger partial charge in [0.25, 0.3) is 5.69 Å². The molecule has 7 nitrogen and oxygen atoms in total. The van der Waals surface area contributed by atoms with Gasteiger partial charge in [0.05, 0.1) is 4.92 Å². The summed E-state index contributed by atoms with van der Waals surface area (Å²) in [6.45, 7) is 1.73. The lowest BCUT2D eigenvalue weighted by atomic mass is 10.0. The Morgan fingerprint density at radius 3 is 2.45 bits per heavy atom. The first-order valence-corrected chi connectivity index (χ1v) is 8.28. The molecule has 0 atom stereocenters. The maximum Gasteiger partial charge on any atom is 0.289 e. The number of rotatable bonds is 5. The molecule has 0 radical (unpaired) electrons. The molecule has 124 valence electrons. The number of nitro benzene ring substituents is 1. The molecule has 0 aromatic heterocycles. The van der Waals surface area contributed by atoms with Crippen molar-refractivity contribution in [1.82, 2.24) is 4.72 Å². The standard InChI is InChI=1S/C13H19N3O4S.ClH/c1-10-5-4-6-11(16(17)18)12(10)21(19,20)15-13(9-14)7-2-3-8-13;/h4-6,15H,2-3,7-9,14H2,1H3;1H. The van der Waals surface area contributed by atoms with Crippen LogP contribution in [0.25, 0.3) is 0 Å². The zero-order chi connectivity index (χ0) is 15.7. The summed E-state index contributed by atoms with van der Waals surface area (Å²) in [5, 5.41) is 11.1. The number of nitrogens with zero attached hydrogens (tertiary/aromatic N) is 1. The lowest BCUT2D eigenvalue weighted by Gasteiger charge is -2.28. The first-order valence-electron chi connectivity index (χ1n) is 6.79. The predicted molar refractivity (Wildman–Crippen MR) is 85.7 cm³/mol. The minimum atomic E-state index is -3.99. The highest BCUT2D eigenvalue weighted by Gasteiger charge is 2.39. The van der Waals surface area contributed by atoms with E-state index in [1.54, 1.807) is 13.0 Å². The SMILES string of the molecule is Cc1cccc([N+](=O)[O-])c1S(=O)(=O)NC1(CN)CCCC1.Cl. The molecular formula is C13H20ClN3O4S. The van der Waals surface area contributed by atoms with Crippen LogP contribution in [-0.2, 0) is 10.0 Å². The zero-order valence-corrected chi connectivity index (χ0v) is 13.9. The van der Waals surface area contributed by atoms with E-state index in [0.29, 0.717) is 18.4 Å². The summed E-state index contributed by atoms with van der Waals surface area (Å²) in [6.07, 6.45) is 3.11. The van der Waals surface area contributed by atoms with Crippen LogP contribution in [0.3, 0.4) is 0 Å². The van der Waals surface area contributed by atoms with E-state index in [0.717, 1.165) is 12.8 Å². The molecule has 0 aliphatic heterocycles. The zero-order valence-electron chi connectivity index (χ0n) is 12.2. The maximum atomic E-state index is 12.6. The van der Waals surface area contributed by atoms with Crippen LogP contribution in [0.5, 0.6) is 0 Å². The second-order valence-corrected chi connectivity index (χ2v) is 7.10. The molecule has 0 bridgehead atoms. The van der Waals surface area contributed by atoms with Crippen molar-refractivity contribution < 1.29 is 13.3 Å². The second-order valence-electron chi connectivity index (χ2n) is 5.48. The van der Waals surface area contributed by atoms with Gasteiger partial charge in [0.1, 0.15) is 0 Å². The normalized spacial score (nSPS) is 17.0. The molecule has 9 heteroatoms. The maximum absolute atomic E-state index is 12.6. The van der Waals surface area contributed by atoms with Crippen LogP contribution in [-0.4, -0.2) is 25.4 Å². The van der Waals surface area contributed by atoms with Crippen molar-refractivity contribution >= 4 is 28.1 Å². The third kappa shape index (κ3) is 3.57. The Kier molecular flexibility index (Phi) is 5.91. The highest BCUT2D eigenvalue weighted by Crippen LogP contribution is 2.33. The van der Waals surface area contributed by atoms with Crippen molar-refractivity contribution in [3.8, 4) is 0 Å². The summed E-state index contributed by atoms with van der Waals surface area (Å²) in [4.78, 5) is 10.2. The van der Waals surface area contributed by atoms with Gasteiger partial charge < -0.3 is 5.73 Å².